The molecule has 1 fully saturated rings. The minimum atomic E-state index is -0.739. The topological polar surface area (TPSA) is 87.8 Å². The van der Waals surface area contributed by atoms with Gasteiger partial charge in [-0.3, -0.25) is 14.7 Å². The molecule has 0 spiro atoms. The van der Waals surface area contributed by atoms with E-state index in [-0.39, 0.29) is 25.0 Å². The van der Waals surface area contributed by atoms with Gasteiger partial charge in [0.2, 0.25) is 12.0 Å². The number of hydrogen-bond acceptors (Lipinski definition) is 5. The van der Waals surface area contributed by atoms with Crippen molar-refractivity contribution < 1.29 is 19.1 Å². The van der Waals surface area contributed by atoms with Crippen LogP contribution in [-0.4, -0.2) is 59.3 Å². The molecule has 2 aromatic carbocycles. The Bertz CT molecular complexity index is 1060. The number of carbonyl (C=O) groups is 2. The summed E-state index contributed by atoms with van der Waals surface area (Å²) in [6.45, 7) is 1.03. The smallest absolute Gasteiger partial charge is 0.267 e. The number of benzene rings is 2. The molecule has 8 heteroatoms. The number of amides is 2. The van der Waals surface area contributed by atoms with Gasteiger partial charge in [0.15, 0.2) is 11.5 Å². The van der Waals surface area contributed by atoms with E-state index in [0.29, 0.717) is 24.6 Å². The summed E-state index contributed by atoms with van der Waals surface area (Å²) in [4.78, 5) is 28.8. The summed E-state index contributed by atoms with van der Waals surface area (Å²) in [6, 6.07) is 12.9. The number of para-hydroxylation sites is 2. The first-order valence-electron chi connectivity index (χ1n) is 9.10. The summed E-state index contributed by atoms with van der Waals surface area (Å²) in [5.74, 6) is 0.819. The van der Waals surface area contributed by atoms with Crippen molar-refractivity contribution >= 4 is 28.4 Å². The molecule has 3 aromatic rings. The Morgan fingerprint density at radius 3 is 2.86 bits per heavy atom. The van der Waals surface area contributed by atoms with E-state index in [1.165, 1.54) is 4.90 Å². The lowest BCUT2D eigenvalue weighted by atomic mass is 10.2. The number of nitrogens with zero attached hydrogens (tertiary/aromatic N) is 3. The van der Waals surface area contributed by atoms with Gasteiger partial charge in [-0.05, 0) is 30.3 Å². The van der Waals surface area contributed by atoms with E-state index < -0.39 is 6.10 Å². The zero-order chi connectivity index (χ0) is 19.1. The fourth-order valence-corrected chi connectivity index (χ4v) is 3.58. The van der Waals surface area contributed by atoms with Crippen molar-refractivity contribution in [2.45, 2.75) is 6.10 Å². The highest BCUT2D eigenvalue weighted by Crippen LogP contribution is 2.31. The van der Waals surface area contributed by atoms with Crippen LogP contribution in [0.5, 0.6) is 11.5 Å². The van der Waals surface area contributed by atoms with Crippen LogP contribution < -0.4 is 14.4 Å². The van der Waals surface area contributed by atoms with E-state index in [1.54, 1.807) is 23.2 Å². The Balaban J connectivity index is 1.28. The Labute approximate surface area is 160 Å². The molecular formula is C20H18N4O4. The zero-order valence-corrected chi connectivity index (χ0v) is 15.0. The maximum absolute atomic E-state index is 12.8. The van der Waals surface area contributed by atoms with Gasteiger partial charge in [-0.1, -0.05) is 12.1 Å². The number of H-pyrrole nitrogens is 1. The van der Waals surface area contributed by atoms with Crippen molar-refractivity contribution in [1.82, 2.24) is 15.1 Å². The van der Waals surface area contributed by atoms with Crippen LogP contribution in [0.2, 0.25) is 0 Å². The van der Waals surface area contributed by atoms with E-state index >= 15 is 0 Å². The average Bonchev–Trinajstić information content (AvgIpc) is 3.20. The van der Waals surface area contributed by atoms with Crippen LogP contribution >= 0.6 is 0 Å². The van der Waals surface area contributed by atoms with Crippen molar-refractivity contribution in [3.05, 3.63) is 48.7 Å². The van der Waals surface area contributed by atoms with Gasteiger partial charge in [0, 0.05) is 24.2 Å². The zero-order valence-electron chi connectivity index (χ0n) is 15.0. The van der Waals surface area contributed by atoms with Crippen molar-refractivity contribution in [2.24, 2.45) is 0 Å². The van der Waals surface area contributed by atoms with E-state index in [2.05, 4.69) is 10.2 Å². The highest BCUT2D eigenvalue weighted by molar-refractivity contribution is 6.00. The molecule has 2 aliphatic rings. The number of rotatable bonds is 2. The second-order valence-electron chi connectivity index (χ2n) is 6.81. The Kier molecular flexibility index (Phi) is 3.89. The van der Waals surface area contributed by atoms with Crippen LogP contribution in [0.15, 0.2) is 48.7 Å². The van der Waals surface area contributed by atoms with Gasteiger partial charge >= 0.3 is 0 Å². The predicted octanol–water partition coefficient (Wildman–Crippen LogP) is 1.58. The Hall–Kier alpha value is -3.55. The predicted molar refractivity (Wildman–Crippen MR) is 101 cm³/mol. The largest absolute Gasteiger partial charge is 0.485 e. The summed E-state index contributed by atoms with van der Waals surface area (Å²) in [7, 11) is 0. The molecule has 1 N–H and O–H groups in total. The fraction of sp³-hybridized carbons (Fsp3) is 0.250. The monoisotopic (exact) mass is 378 g/mol. The summed E-state index contributed by atoms with van der Waals surface area (Å²) in [6.07, 6.45) is 0.984. The first-order valence-corrected chi connectivity index (χ1v) is 9.10. The minimum Gasteiger partial charge on any atom is -0.485 e. The summed E-state index contributed by atoms with van der Waals surface area (Å²) < 4.78 is 11.4. The molecule has 1 atom stereocenters. The van der Waals surface area contributed by atoms with Gasteiger partial charge in [-0.15, -0.1) is 0 Å². The van der Waals surface area contributed by atoms with Gasteiger partial charge in [-0.2, -0.15) is 5.10 Å². The average molecular weight is 378 g/mol. The first-order chi connectivity index (χ1) is 13.7. The van der Waals surface area contributed by atoms with Gasteiger partial charge in [0.25, 0.3) is 5.91 Å². The number of aromatic nitrogens is 2. The number of anilines is 1. The van der Waals surface area contributed by atoms with Gasteiger partial charge in [0.05, 0.1) is 11.7 Å². The summed E-state index contributed by atoms with van der Waals surface area (Å²) in [5.41, 5.74) is 1.72. The third kappa shape index (κ3) is 2.83. The normalized spacial score (nSPS) is 19.1. The van der Waals surface area contributed by atoms with Crippen LogP contribution in [0.3, 0.4) is 0 Å². The molecule has 2 amide bonds. The standard InChI is InChI=1S/C20H18N4O4/c25-19-11-23(20(26)18-12-27-16-3-1-2-4-17(16)28-18)7-8-24(19)14-5-6-15-13(9-14)10-21-22-15/h1-6,9-10,18H,7-8,11-12H2,(H,21,22)/t18-/m1/s1. The van der Waals surface area contributed by atoms with Gasteiger partial charge in [0.1, 0.15) is 13.2 Å². The second-order valence-corrected chi connectivity index (χ2v) is 6.81. The molecule has 0 bridgehead atoms. The first kappa shape index (κ1) is 16.6. The van der Waals surface area contributed by atoms with Gasteiger partial charge in [-0.25, -0.2) is 0 Å². The Morgan fingerprint density at radius 2 is 2.00 bits per heavy atom. The Morgan fingerprint density at radius 1 is 1.14 bits per heavy atom. The number of aromatic amines is 1. The molecule has 0 radical (unpaired) electrons. The van der Waals surface area contributed by atoms with E-state index in [0.717, 1.165) is 16.6 Å². The molecule has 3 heterocycles. The number of fused-ring (bicyclic) bond motifs is 2. The third-order valence-electron chi connectivity index (χ3n) is 5.05. The molecular weight excluding hydrogens is 360 g/mol. The van der Waals surface area contributed by atoms with Gasteiger partial charge < -0.3 is 19.3 Å². The van der Waals surface area contributed by atoms with Crippen LogP contribution in [0.1, 0.15) is 0 Å². The molecule has 0 saturated carbocycles. The van der Waals surface area contributed by atoms with E-state index in [9.17, 15) is 9.59 Å². The van der Waals surface area contributed by atoms with Crippen LogP contribution in [0, 0.1) is 0 Å². The van der Waals surface area contributed by atoms with Crippen molar-refractivity contribution in [3.8, 4) is 11.5 Å². The lowest BCUT2D eigenvalue weighted by Gasteiger charge is -2.36. The molecule has 2 aliphatic heterocycles. The summed E-state index contributed by atoms with van der Waals surface area (Å²) >= 11 is 0. The maximum atomic E-state index is 12.8. The lowest BCUT2D eigenvalue weighted by Crippen LogP contribution is -2.56. The lowest BCUT2D eigenvalue weighted by molar-refractivity contribution is -0.145. The number of nitrogens with one attached hydrogen (secondary N) is 1. The molecule has 1 saturated heterocycles. The van der Waals surface area contributed by atoms with Crippen LogP contribution in [-0.2, 0) is 9.59 Å². The molecule has 8 nitrogen and oxygen atoms in total. The molecule has 28 heavy (non-hydrogen) atoms. The maximum Gasteiger partial charge on any atom is 0.267 e. The highest BCUT2D eigenvalue weighted by Gasteiger charge is 2.35. The molecule has 0 unspecified atom stereocenters. The second kappa shape index (κ2) is 6.56. The van der Waals surface area contributed by atoms with E-state index in [4.69, 9.17) is 9.47 Å². The summed E-state index contributed by atoms with van der Waals surface area (Å²) in [5, 5.41) is 7.84. The molecule has 142 valence electrons. The number of hydrogen-bond donors (Lipinski definition) is 1. The quantitative estimate of drug-likeness (QED) is 0.732. The molecule has 5 rings (SSSR count). The molecule has 1 aromatic heterocycles. The minimum absolute atomic E-state index is 0.0176. The number of piperazine rings is 1. The van der Waals surface area contributed by atoms with Crippen LogP contribution in [0.4, 0.5) is 5.69 Å². The van der Waals surface area contributed by atoms with E-state index in [1.807, 2.05) is 30.3 Å². The van der Waals surface area contributed by atoms with Crippen molar-refractivity contribution in [2.75, 3.05) is 31.1 Å². The number of carbonyl (C=O) groups excluding carboxylic acids is 2. The number of ether oxygens (including phenoxy) is 2. The SMILES string of the molecule is O=C([C@H]1COc2ccccc2O1)N1CCN(c2ccc3[nH]ncc3c2)C(=O)C1. The van der Waals surface area contributed by atoms with Crippen LogP contribution in [0.25, 0.3) is 10.9 Å². The highest BCUT2D eigenvalue weighted by atomic mass is 16.6. The fourth-order valence-electron chi connectivity index (χ4n) is 3.58. The van der Waals surface area contributed by atoms with Crippen molar-refractivity contribution in [1.29, 1.82) is 0 Å². The molecule has 0 aliphatic carbocycles. The third-order valence-corrected chi connectivity index (χ3v) is 5.05. The van der Waals surface area contributed by atoms with Crippen molar-refractivity contribution in [3.63, 3.8) is 0 Å².